The van der Waals surface area contributed by atoms with Crippen LogP contribution >= 0.6 is 0 Å². The van der Waals surface area contributed by atoms with Crippen LogP contribution in [-0.2, 0) is 4.79 Å². The van der Waals surface area contributed by atoms with E-state index in [1.165, 1.54) is 0 Å². The number of piperazine rings is 1. The van der Waals surface area contributed by atoms with Gasteiger partial charge in [-0.1, -0.05) is 60.7 Å². The van der Waals surface area contributed by atoms with Crippen molar-refractivity contribution in [1.82, 2.24) is 20.2 Å². The molecular weight excluding hydrogens is 374 g/mol. The maximum Gasteiger partial charge on any atom is 0.237 e. The third-order valence-corrected chi connectivity index (χ3v) is 5.63. The first-order chi connectivity index (χ1) is 14.7. The molecule has 1 fully saturated rings. The molecule has 1 atom stereocenters. The highest BCUT2D eigenvalue weighted by atomic mass is 16.2. The summed E-state index contributed by atoms with van der Waals surface area (Å²) < 4.78 is 0. The molecule has 1 aromatic heterocycles. The first kappa shape index (κ1) is 20.0. The fraction of sp³-hybridized carbons (Fsp3) is 0.292. The van der Waals surface area contributed by atoms with Crippen LogP contribution < -0.4 is 10.2 Å². The molecule has 1 N–H and O–H groups in total. The molecule has 2 heterocycles. The van der Waals surface area contributed by atoms with Crippen LogP contribution in [0.25, 0.3) is 0 Å². The zero-order valence-electron chi connectivity index (χ0n) is 17.2. The molecule has 1 amide bonds. The van der Waals surface area contributed by atoms with Gasteiger partial charge in [-0.25, -0.2) is 9.97 Å². The minimum atomic E-state index is -0.209. The van der Waals surface area contributed by atoms with E-state index in [-0.39, 0.29) is 18.0 Å². The van der Waals surface area contributed by atoms with Gasteiger partial charge in [-0.3, -0.25) is 9.69 Å². The number of nitrogens with zero attached hydrogens (tertiary/aromatic N) is 4. The number of anilines is 1. The summed E-state index contributed by atoms with van der Waals surface area (Å²) in [5, 5.41) is 3.27. The summed E-state index contributed by atoms with van der Waals surface area (Å²) in [6.45, 7) is 5.20. The molecule has 0 aliphatic carbocycles. The highest BCUT2D eigenvalue weighted by molar-refractivity contribution is 5.82. The van der Waals surface area contributed by atoms with E-state index in [0.717, 1.165) is 43.3 Å². The van der Waals surface area contributed by atoms with E-state index in [4.69, 9.17) is 0 Å². The smallest absolute Gasteiger partial charge is 0.237 e. The number of rotatable bonds is 6. The molecule has 0 bridgehead atoms. The molecule has 6 heteroatoms. The predicted octanol–water partition coefficient (Wildman–Crippen LogP) is 2.89. The zero-order valence-corrected chi connectivity index (χ0v) is 17.2. The molecule has 3 aromatic rings. The molecule has 154 valence electrons. The van der Waals surface area contributed by atoms with Gasteiger partial charge in [-0.05, 0) is 24.1 Å². The summed E-state index contributed by atoms with van der Waals surface area (Å²) >= 11 is 0. The van der Waals surface area contributed by atoms with Gasteiger partial charge < -0.3 is 10.2 Å². The fourth-order valence-corrected chi connectivity index (χ4v) is 3.84. The van der Waals surface area contributed by atoms with E-state index in [1.54, 1.807) is 12.4 Å². The Hall–Kier alpha value is -3.25. The lowest BCUT2D eigenvalue weighted by Gasteiger charge is -2.37. The van der Waals surface area contributed by atoms with E-state index < -0.39 is 0 Å². The molecule has 1 aliphatic rings. The molecule has 4 rings (SSSR count). The second-order valence-electron chi connectivity index (χ2n) is 7.51. The quantitative estimate of drug-likeness (QED) is 0.688. The summed E-state index contributed by atoms with van der Waals surface area (Å²) in [4.78, 5) is 26.2. The highest BCUT2D eigenvalue weighted by Crippen LogP contribution is 2.22. The second kappa shape index (κ2) is 9.50. The van der Waals surface area contributed by atoms with Crippen LogP contribution in [0, 0.1) is 0 Å². The number of hydrogen-bond donors (Lipinski definition) is 1. The number of carbonyl (C=O) groups is 1. The number of hydrogen-bond acceptors (Lipinski definition) is 5. The lowest BCUT2D eigenvalue weighted by Crippen LogP contribution is -2.54. The van der Waals surface area contributed by atoms with Crippen molar-refractivity contribution in [2.45, 2.75) is 19.0 Å². The summed E-state index contributed by atoms with van der Waals surface area (Å²) in [7, 11) is 0. The van der Waals surface area contributed by atoms with Crippen LogP contribution in [0.3, 0.4) is 0 Å². The first-order valence-electron chi connectivity index (χ1n) is 10.4. The number of aromatic nitrogens is 2. The van der Waals surface area contributed by atoms with Crippen LogP contribution in [0.2, 0.25) is 0 Å². The van der Waals surface area contributed by atoms with Crippen molar-refractivity contribution in [3.8, 4) is 0 Å². The molecule has 1 aliphatic heterocycles. The minimum Gasteiger partial charge on any atom is -0.344 e. The van der Waals surface area contributed by atoms with Crippen molar-refractivity contribution in [3.63, 3.8) is 0 Å². The van der Waals surface area contributed by atoms with Gasteiger partial charge in [0.1, 0.15) is 0 Å². The zero-order chi connectivity index (χ0) is 20.8. The lowest BCUT2D eigenvalue weighted by molar-refractivity contribution is -0.126. The molecule has 1 saturated heterocycles. The monoisotopic (exact) mass is 401 g/mol. The highest BCUT2D eigenvalue weighted by Gasteiger charge is 2.28. The van der Waals surface area contributed by atoms with Gasteiger partial charge in [0.2, 0.25) is 11.9 Å². The Labute approximate surface area is 177 Å². The summed E-state index contributed by atoms with van der Waals surface area (Å²) in [5.41, 5.74) is 2.16. The third kappa shape index (κ3) is 4.66. The van der Waals surface area contributed by atoms with Crippen LogP contribution in [0.5, 0.6) is 0 Å². The van der Waals surface area contributed by atoms with Crippen molar-refractivity contribution in [3.05, 3.63) is 90.3 Å². The van der Waals surface area contributed by atoms with Crippen molar-refractivity contribution >= 4 is 11.9 Å². The third-order valence-electron chi connectivity index (χ3n) is 5.63. The van der Waals surface area contributed by atoms with Gasteiger partial charge in [0.15, 0.2) is 0 Å². The molecule has 0 unspecified atom stereocenters. The average Bonchev–Trinajstić information content (AvgIpc) is 2.83. The normalized spacial score (nSPS) is 15.7. The molecule has 0 spiro atoms. The Morgan fingerprint density at radius 1 is 0.833 bits per heavy atom. The lowest BCUT2D eigenvalue weighted by atomic mass is 9.98. The van der Waals surface area contributed by atoms with Crippen LogP contribution in [0.1, 0.15) is 24.1 Å². The molecule has 2 aromatic carbocycles. The molecular formula is C24H27N5O. The summed E-state index contributed by atoms with van der Waals surface area (Å²) in [5.74, 6) is 0.791. The van der Waals surface area contributed by atoms with Gasteiger partial charge in [0, 0.05) is 38.6 Å². The Morgan fingerprint density at radius 2 is 1.37 bits per heavy atom. The van der Waals surface area contributed by atoms with Crippen LogP contribution in [-0.4, -0.2) is 53.0 Å². The van der Waals surface area contributed by atoms with E-state index in [2.05, 4.69) is 49.4 Å². The van der Waals surface area contributed by atoms with E-state index in [9.17, 15) is 4.79 Å². The SMILES string of the molecule is C[C@H](C(=O)NC(c1ccccc1)c1ccccc1)N1CCN(c2ncccn2)CC1. The number of carbonyl (C=O) groups excluding carboxylic acids is 1. The van der Waals surface area contributed by atoms with E-state index in [0.29, 0.717) is 0 Å². The Kier molecular flexibility index (Phi) is 6.35. The molecule has 0 saturated carbocycles. The topological polar surface area (TPSA) is 61.4 Å². The minimum absolute atomic E-state index is 0.0390. The largest absolute Gasteiger partial charge is 0.344 e. The molecule has 0 radical (unpaired) electrons. The van der Waals surface area contributed by atoms with Crippen molar-refractivity contribution < 1.29 is 4.79 Å². The van der Waals surface area contributed by atoms with Gasteiger partial charge >= 0.3 is 0 Å². The number of nitrogens with one attached hydrogen (secondary N) is 1. The van der Waals surface area contributed by atoms with E-state index in [1.807, 2.05) is 49.4 Å². The predicted molar refractivity (Wildman–Crippen MR) is 118 cm³/mol. The van der Waals surface area contributed by atoms with Crippen LogP contribution in [0.15, 0.2) is 79.1 Å². The Bertz CT molecular complexity index is 888. The maximum atomic E-state index is 13.2. The van der Waals surface area contributed by atoms with Gasteiger partial charge in [-0.15, -0.1) is 0 Å². The van der Waals surface area contributed by atoms with Gasteiger partial charge in [0.25, 0.3) is 0 Å². The van der Waals surface area contributed by atoms with Gasteiger partial charge in [0.05, 0.1) is 12.1 Å². The van der Waals surface area contributed by atoms with Crippen molar-refractivity contribution in [1.29, 1.82) is 0 Å². The Morgan fingerprint density at radius 3 is 1.90 bits per heavy atom. The second-order valence-corrected chi connectivity index (χ2v) is 7.51. The molecule has 30 heavy (non-hydrogen) atoms. The number of benzene rings is 2. The Balaban J connectivity index is 1.42. The van der Waals surface area contributed by atoms with Crippen molar-refractivity contribution in [2.24, 2.45) is 0 Å². The first-order valence-corrected chi connectivity index (χ1v) is 10.4. The average molecular weight is 402 g/mol. The number of amides is 1. The standard InChI is InChI=1S/C24H27N5O/c1-19(28-15-17-29(18-16-28)24-25-13-8-14-26-24)23(30)27-22(20-9-4-2-5-10-20)21-11-6-3-7-12-21/h2-14,19,22H,15-18H2,1H3,(H,27,30)/t19-/m1/s1. The fourth-order valence-electron chi connectivity index (χ4n) is 3.84. The van der Waals surface area contributed by atoms with E-state index >= 15 is 0 Å². The molecule has 6 nitrogen and oxygen atoms in total. The van der Waals surface area contributed by atoms with Gasteiger partial charge in [-0.2, -0.15) is 0 Å². The summed E-state index contributed by atoms with van der Waals surface area (Å²) in [6, 6.07) is 21.7. The maximum absolute atomic E-state index is 13.2. The van der Waals surface area contributed by atoms with Crippen molar-refractivity contribution in [2.75, 3.05) is 31.1 Å². The van der Waals surface area contributed by atoms with Crippen LogP contribution in [0.4, 0.5) is 5.95 Å². The summed E-state index contributed by atoms with van der Waals surface area (Å²) in [6.07, 6.45) is 3.52.